The van der Waals surface area contributed by atoms with Gasteiger partial charge in [0.25, 0.3) is 0 Å². The van der Waals surface area contributed by atoms with E-state index in [1.165, 1.54) is 5.56 Å². The molecular formula is C23H22N4OS. The topological polar surface area (TPSA) is 58.1 Å². The Morgan fingerprint density at radius 2 is 1.83 bits per heavy atom. The average Bonchev–Trinajstić information content (AvgIpc) is 3.19. The molecule has 5 nitrogen and oxygen atoms in total. The fraction of sp³-hybridized carbons (Fsp3) is 0.174. The van der Waals surface area contributed by atoms with Gasteiger partial charge in [0.2, 0.25) is 5.91 Å². The van der Waals surface area contributed by atoms with Crippen LogP contribution in [0.3, 0.4) is 0 Å². The van der Waals surface area contributed by atoms with Gasteiger partial charge in [-0.25, -0.2) is 9.97 Å². The molecule has 6 heteroatoms. The second-order valence-corrected chi connectivity index (χ2v) is 7.96. The SMILES string of the molecule is Cc1ccccc1NC(=O)CCN(C)c1ncnc2sc(-c3ccccc3)cc12. The number of amides is 1. The van der Waals surface area contributed by atoms with E-state index in [4.69, 9.17) is 0 Å². The van der Waals surface area contributed by atoms with Crippen molar-refractivity contribution in [2.45, 2.75) is 13.3 Å². The zero-order valence-corrected chi connectivity index (χ0v) is 17.2. The molecule has 0 unspecified atom stereocenters. The van der Waals surface area contributed by atoms with Crippen LogP contribution < -0.4 is 10.2 Å². The number of nitrogens with zero attached hydrogens (tertiary/aromatic N) is 3. The van der Waals surface area contributed by atoms with E-state index < -0.39 is 0 Å². The van der Waals surface area contributed by atoms with E-state index in [0.29, 0.717) is 13.0 Å². The van der Waals surface area contributed by atoms with Crippen LogP contribution in [0, 0.1) is 6.92 Å². The number of aryl methyl sites for hydroxylation is 1. The Hall–Kier alpha value is -3.25. The molecule has 0 radical (unpaired) electrons. The summed E-state index contributed by atoms with van der Waals surface area (Å²) >= 11 is 1.65. The molecule has 2 aromatic heterocycles. The minimum Gasteiger partial charge on any atom is -0.359 e. The van der Waals surface area contributed by atoms with Gasteiger partial charge in [-0.15, -0.1) is 11.3 Å². The van der Waals surface area contributed by atoms with Crippen molar-refractivity contribution >= 4 is 39.0 Å². The van der Waals surface area contributed by atoms with Crippen LogP contribution in [-0.2, 0) is 4.79 Å². The van der Waals surface area contributed by atoms with Crippen molar-refractivity contribution in [1.29, 1.82) is 0 Å². The fourth-order valence-corrected chi connectivity index (χ4v) is 4.19. The number of aromatic nitrogens is 2. The number of thiophene rings is 1. The number of rotatable bonds is 6. The summed E-state index contributed by atoms with van der Waals surface area (Å²) in [5.74, 6) is 0.837. The van der Waals surface area contributed by atoms with Crippen molar-refractivity contribution < 1.29 is 4.79 Å². The lowest BCUT2D eigenvalue weighted by atomic mass is 10.2. The van der Waals surface area contributed by atoms with Gasteiger partial charge in [0, 0.05) is 30.6 Å². The first-order chi connectivity index (χ1) is 14.1. The van der Waals surface area contributed by atoms with Crippen LogP contribution in [-0.4, -0.2) is 29.5 Å². The molecule has 0 saturated carbocycles. The first-order valence-electron chi connectivity index (χ1n) is 9.48. The molecule has 1 amide bonds. The van der Waals surface area contributed by atoms with E-state index in [9.17, 15) is 4.79 Å². The molecule has 2 aromatic carbocycles. The summed E-state index contributed by atoms with van der Waals surface area (Å²) in [5, 5.41) is 4.00. The molecule has 0 fully saturated rings. The maximum atomic E-state index is 12.4. The smallest absolute Gasteiger partial charge is 0.226 e. The first kappa shape index (κ1) is 19.1. The monoisotopic (exact) mass is 402 g/mol. The van der Waals surface area contributed by atoms with Gasteiger partial charge >= 0.3 is 0 Å². The Morgan fingerprint density at radius 3 is 2.62 bits per heavy atom. The highest BCUT2D eigenvalue weighted by Crippen LogP contribution is 2.35. The third kappa shape index (κ3) is 4.27. The Morgan fingerprint density at radius 1 is 1.07 bits per heavy atom. The maximum absolute atomic E-state index is 12.4. The highest BCUT2D eigenvalue weighted by atomic mass is 32.1. The van der Waals surface area contributed by atoms with Gasteiger partial charge in [0.1, 0.15) is 17.0 Å². The van der Waals surface area contributed by atoms with Crippen molar-refractivity contribution in [2.75, 3.05) is 23.8 Å². The minimum atomic E-state index is -0.00765. The van der Waals surface area contributed by atoms with E-state index in [0.717, 1.165) is 32.2 Å². The molecule has 4 aromatic rings. The van der Waals surface area contributed by atoms with E-state index in [1.54, 1.807) is 17.7 Å². The summed E-state index contributed by atoms with van der Waals surface area (Å²) in [4.78, 5) is 25.4. The number of fused-ring (bicyclic) bond motifs is 1. The molecule has 0 saturated heterocycles. The molecule has 0 aliphatic carbocycles. The van der Waals surface area contributed by atoms with Gasteiger partial charge in [-0.05, 0) is 30.2 Å². The highest BCUT2D eigenvalue weighted by molar-refractivity contribution is 7.21. The molecule has 0 aliphatic rings. The van der Waals surface area contributed by atoms with Crippen molar-refractivity contribution in [3.05, 3.63) is 72.6 Å². The van der Waals surface area contributed by atoms with E-state index >= 15 is 0 Å². The lowest BCUT2D eigenvalue weighted by Gasteiger charge is -2.18. The molecule has 0 aliphatic heterocycles. The van der Waals surface area contributed by atoms with Gasteiger partial charge < -0.3 is 10.2 Å². The van der Waals surface area contributed by atoms with Gasteiger partial charge in [-0.1, -0.05) is 48.5 Å². The van der Waals surface area contributed by atoms with Crippen molar-refractivity contribution in [1.82, 2.24) is 9.97 Å². The number of hydrogen-bond donors (Lipinski definition) is 1. The quantitative estimate of drug-likeness (QED) is 0.486. The molecular weight excluding hydrogens is 380 g/mol. The summed E-state index contributed by atoms with van der Waals surface area (Å²) in [6.07, 6.45) is 1.97. The molecule has 0 spiro atoms. The Labute approximate surface area is 174 Å². The normalized spacial score (nSPS) is 10.8. The average molecular weight is 403 g/mol. The first-order valence-corrected chi connectivity index (χ1v) is 10.3. The number of nitrogens with one attached hydrogen (secondary N) is 1. The third-order valence-electron chi connectivity index (χ3n) is 4.82. The molecule has 2 heterocycles. The largest absolute Gasteiger partial charge is 0.359 e. The van der Waals surface area contributed by atoms with Crippen LogP contribution >= 0.6 is 11.3 Å². The molecule has 0 bridgehead atoms. The van der Waals surface area contributed by atoms with Crippen molar-refractivity contribution in [3.63, 3.8) is 0 Å². The number of carbonyl (C=O) groups is 1. The maximum Gasteiger partial charge on any atom is 0.226 e. The van der Waals surface area contributed by atoms with Crippen LogP contribution in [0.1, 0.15) is 12.0 Å². The van der Waals surface area contributed by atoms with Gasteiger partial charge in [-0.2, -0.15) is 0 Å². The predicted octanol–water partition coefficient (Wildman–Crippen LogP) is 5.13. The number of benzene rings is 2. The fourth-order valence-electron chi connectivity index (χ4n) is 3.19. The van der Waals surface area contributed by atoms with Crippen LogP contribution in [0.25, 0.3) is 20.7 Å². The highest BCUT2D eigenvalue weighted by Gasteiger charge is 2.14. The number of hydrogen-bond acceptors (Lipinski definition) is 5. The summed E-state index contributed by atoms with van der Waals surface area (Å²) < 4.78 is 0. The number of para-hydroxylation sites is 1. The van der Waals surface area contributed by atoms with Crippen LogP contribution in [0.4, 0.5) is 11.5 Å². The molecule has 146 valence electrons. The Kier molecular flexibility index (Phi) is 5.53. The lowest BCUT2D eigenvalue weighted by Crippen LogP contribution is -2.25. The molecule has 4 rings (SSSR count). The van der Waals surface area contributed by atoms with Crippen LogP contribution in [0.5, 0.6) is 0 Å². The van der Waals surface area contributed by atoms with E-state index in [2.05, 4.69) is 33.5 Å². The zero-order chi connectivity index (χ0) is 20.2. The number of carbonyl (C=O) groups excluding carboxylic acids is 1. The Balaban J connectivity index is 1.48. The van der Waals surface area contributed by atoms with Crippen molar-refractivity contribution in [2.24, 2.45) is 0 Å². The second kappa shape index (κ2) is 8.41. The minimum absolute atomic E-state index is 0.00765. The summed E-state index contributed by atoms with van der Waals surface area (Å²) in [5.41, 5.74) is 3.08. The third-order valence-corrected chi connectivity index (χ3v) is 5.91. The van der Waals surface area contributed by atoms with E-state index in [-0.39, 0.29) is 5.91 Å². The van der Waals surface area contributed by atoms with Crippen molar-refractivity contribution in [3.8, 4) is 10.4 Å². The summed E-state index contributed by atoms with van der Waals surface area (Å²) in [6.45, 7) is 2.56. The van der Waals surface area contributed by atoms with Crippen LogP contribution in [0.15, 0.2) is 67.0 Å². The zero-order valence-electron chi connectivity index (χ0n) is 16.4. The van der Waals surface area contributed by atoms with E-state index in [1.807, 2.05) is 61.3 Å². The molecule has 0 atom stereocenters. The predicted molar refractivity (Wildman–Crippen MR) is 121 cm³/mol. The summed E-state index contributed by atoms with van der Waals surface area (Å²) in [7, 11) is 1.96. The van der Waals surface area contributed by atoms with Gasteiger partial charge in [0.05, 0.1) is 5.39 Å². The molecule has 29 heavy (non-hydrogen) atoms. The standard InChI is InChI=1S/C23H22N4OS/c1-16-8-6-7-11-19(16)26-21(28)12-13-27(2)22-18-14-20(17-9-4-3-5-10-17)29-23(18)25-15-24-22/h3-11,14-15H,12-13H2,1-2H3,(H,26,28). The second-order valence-electron chi connectivity index (χ2n) is 6.93. The van der Waals surface area contributed by atoms with Crippen LogP contribution in [0.2, 0.25) is 0 Å². The Bertz CT molecular complexity index is 1140. The molecule has 1 N–H and O–H groups in total. The number of anilines is 2. The lowest BCUT2D eigenvalue weighted by molar-refractivity contribution is -0.116. The van der Waals surface area contributed by atoms with Gasteiger partial charge in [-0.3, -0.25) is 4.79 Å². The summed E-state index contributed by atoms with van der Waals surface area (Å²) in [6, 6.07) is 20.2. The van der Waals surface area contributed by atoms with Gasteiger partial charge in [0.15, 0.2) is 0 Å².